The fourth-order valence-corrected chi connectivity index (χ4v) is 0.907. The Hall–Kier alpha value is -1.84. The Morgan fingerprint density at radius 1 is 1.60 bits per heavy atom. The zero-order chi connectivity index (χ0) is 11.3. The number of ether oxygens (including phenoxy) is 1. The Labute approximate surface area is 86.8 Å². The van der Waals surface area contributed by atoms with Crippen molar-refractivity contribution in [3.63, 3.8) is 0 Å². The van der Waals surface area contributed by atoms with E-state index in [1.807, 2.05) is 0 Å². The summed E-state index contributed by atoms with van der Waals surface area (Å²) in [6.45, 7) is 1.58. The van der Waals surface area contributed by atoms with Gasteiger partial charge in [-0.15, -0.1) is 0 Å². The lowest BCUT2D eigenvalue weighted by Crippen LogP contribution is -2.00. The molecule has 3 nitrogen and oxygen atoms in total. The topological polar surface area (TPSA) is 46.5 Å². The van der Waals surface area contributed by atoms with Gasteiger partial charge < -0.3 is 9.84 Å². The smallest absolute Gasteiger partial charge is 0.331 e. The van der Waals surface area contributed by atoms with Crippen LogP contribution in [0.5, 0.6) is 5.75 Å². The summed E-state index contributed by atoms with van der Waals surface area (Å²) < 4.78 is 17.8. The zero-order valence-electron chi connectivity index (χ0n) is 8.24. The van der Waals surface area contributed by atoms with Crippen LogP contribution in [0.2, 0.25) is 0 Å². The molecule has 1 N–H and O–H groups in total. The summed E-state index contributed by atoms with van der Waals surface area (Å²) in [7, 11) is 0. The Bertz CT molecular complexity index is 385. The molecule has 0 spiro atoms. The summed E-state index contributed by atoms with van der Waals surface area (Å²) in [5.41, 5.74) is 0.200. The maximum Gasteiger partial charge on any atom is 0.331 e. The lowest BCUT2D eigenvalue weighted by molar-refractivity contribution is -0.132. The number of rotatable bonds is 4. The predicted molar refractivity (Wildman–Crippen MR) is 53.3 cm³/mol. The monoisotopic (exact) mass is 210 g/mol. The van der Waals surface area contributed by atoms with Crippen LogP contribution in [-0.2, 0) is 4.79 Å². The molecule has 1 aromatic rings. The van der Waals surface area contributed by atoms with E-state index >= 15 is 0 Å². The summed E-state index contributed by atoms with van der Waals surface area (Å²) in [6, 6.07) is 5.68. The summed E-state index contributed by atoms with van der Waals surface area (Å²) in [5, 5.41) is 8.54. The van der Waals surface area contributed by atoms with Crippen LogP contribution in [0, 0.1) is 5.82 Å². The van der Waals surface area contributed by atoms with Crippen molar-refractivity contribution in [3.05, 3.63) is 41.7 Å². The molecule has 0 aliphatic carbocycles. The van der Waals surface area contributed by atoms with Crippen LogP contribution >= 0.6 is 0 Å². The first-order chi connectivity index (χ1) is 7.09. The third-order valence-electron chi connectivity index (χ3n) is 1.77. The van der Waals surface area contributed by atoms with E-state index < -0.39 is 5.97 Å². The second-order valence-electron chi connectivity index (χ2n) is 2.96. The van der Waals surface area contributed by atoms with Gasteiger partial charge in [0, 0.05) is 11.6 Å². The Balaban J connectivity index is 2.51. The molecule has 80 valence electrons. The van der Waals surface area contributed by atoms with Crippen molar-refractivity contribution in [3.8, 4) is 5.75 Å². The molecule has 1 rings (SSSR count). The third kappa shape index (κ3) is 3.81. The van der Waals surface area contributed by atoms with E-state index in [-0.39, 0.29) is 18.0 Å². The Morgan fingerprint density at radius 3 is 2.93 bits per heavy atom. The van der Waals surface area contributed by atoms with Crippen LogP contribution < -0.4 is 4.74 Å². The summed E-state index contributed by atoms with van der Waals surface area (Å²) in [6.07, 6.45) is 1.42. The minimum atomic E-state index is -0.988. The quantitative estimate of drug-likeness (QED) is 0.775. The van der Waals surface area contributed by atoms with Gasteiger partial charge in [-0.2, -0.15) is 0 Å². The molecule has 0 heterocycles. The maximum atomic E-state index is 12.7. The fraction of sp³-hybridized carbons (Fsp3) is 0.182. The largest absolute Gasteiger partial charge is 0.489 e. The van der Waals surface area contributed by atoms with Gasteiger partial charge in [0.1, 0.15) is 18.2 Å². The van der Waals surface area contributed by atoms with Gasteiger partial charge in [0.05, 0.1) is 0 Å². The molecule has 1 aromatic carbocycles. The molecule has 0 unspecified atom stereocenters. The number of carboxylic acid groups (broad SMARTS) is 1. The van der Waals surface area contributed by atoms with Crippen molar-refractivity contribution in [1.29, 1.82) is 0 Å². The van der Waals surface area contributed by atoms with Gasteiger partial charge in [-0.05, 0) is 25.1 Å². The van der Waals surface area contributed by atoms with Crippen molar-refractivity contribution in [2.24, 2.45) is 0 Å². The van der Waals surface area contributed by atoms with E-state index in [0.29, 0.717) is 5.75 Å². The summed E-state index contributed by atoms with van der Waals surface area (Å²) in [4.78, 5) is 10.4. The Morgan fingerprint density at radius 2 is 2.33 bits per heavy atom. The van der Waals surface area contributed by atoms with Crippen LogP contribution in [0.25, 0.3) is 0 Å². The van der Waals surface area contributed by atoms with E-state index in [4.69, 9.17) is 9.84 Å². The molecule has 0 fully saturated rings. The van der Waals surface area contributed by atoms with Gasteiger partial charge in [0.2, 0.25) is 0 Å². The van der Waals surface area contributed by atoms with Crippen LogP contribution in [0.1, 0.15) is 6.92 Å². The van der Waals surface area contributed by atoms with Crippen molar-refractivity contribution in [2.75, 3.05) is 6.61 Å². The van der Waals surface area contributed by atoms with Crippen molar-refractivity contribution in [1.82, 2.24) is 0 Å². The standard InChI is InChI=1S/C11H11FO3/c1-8(11(13)14)5-6-15-10-4-2-3-9(12)7-10/h2-5,7H,6H2,1H3,(H,13,14). The molecule has 0 amide bonds. The number of hydrogen-bond donors (Lipinski definition) is 1. The van der Waals surface area contributed by atoms with E-state index in [1.54, 1.807) is 6.07 Å². The average molecular weight is 210 g/mol. The van der Waals surface area contributed by atoms with Crippen LogP contribution in [0.15, 0.2) is 35.9 Å². The van der Waals surface area contributed by atoms with Crippen molar-refractivity contribution < 1.29 is 19.0 Å². The minimum absolute atomic E-state index is 0.113. The highest BCUT2D eigenvalue weighted by Gasteiger charge is 1.99. The number of hydrogen-bond acceptors (Lipinski definition) is 2. The first-order valence-corrected chi connectivity index (χ1v) is 4.38. The molecule has 0 atom stereocenters. The number of aliphatic carboxylic acids is 1. The number of halogens is 1. The van der Waals surface area contributed by atoms with Crippen LogP contribution in [0.4, 0.5) is 4.39 Å². The average Bonchev–Trinajstić information content (AvgIpc) is 2.17. The van der Waals surface area contributed by atoms with E-state index in [9.17, 15) is 9.18 Å². The second-order valence-corrected chi connectivity index (χ2v) is 2.96. The first-order valence-electron chi connectivity index (χ1n) is 4.38. The second kappa shape index (κ2) is 5.14. The maximum absolute atomic E-state index is 12.7. The zero-order valence-corrected chi connectivity index (χ0v) is 8.24. The highest BCUT2D eigenvalue weighted by molar-refractivity contribution is 5.85. The SMILES string of the molecule is CC(=CCOc1cccc(F)c1)C(=O)O. The molecule has 0 aromatic heterocycles. The van der Waals surface area contributed by atoms with Gasteiger partial charge in [0.15, 0.2) is 0 Å². The molecule has 15 heavy (non-hydrogen) atoms. The number of benzene rings is 1. The summed E-state index contributed by atoms with van der Waals surface area (Å²) >= 11 is 0. The Kier molecular flexibility index (Phi) is 3.85. The molecule has 0 aliphatic heterocycles. The molecule has 0 saturated heterocycles. The lowest BCUT2D eigenvalue weighted by atomic mass is 10.3. The molecule has 4 heteroatoms. The molecule has 0 radical (unpaired) electrons. The van der Waals surface area contributed by atoms with Crippen molar-refractivity contribution in [2.45, 2.75) is 6.92 Å². The normalized spacial score (nSPS) is 11.2. The molecular weight excluding hydrogens is 199 g/mol. The van der Waals surface area contributed by atoms with Crippen LogP contribution in [0.3, 0.4) is 0 Å². The summed E-state index contributed by atoms with van der Waals surface area (Å²) in [5.74, 6) is -0.992. The van der Waals surface area contributed by atoms with Gasteiger partial charge in [-0.25, -0.2) is 9.18 Å². The van der Waals surface area contributed by atoms with Gasteiger partial charge in [-0.1, -0.05) is 6.07 Å². The van der Waals surface area contributed by atoms with Gasteiger partial charge in [-0.3, -0.25) is 0 Å². The number of carboxylic acids is 1. The minimum Gasteiger partial charge on any atom is -0.489 e. The lowest BCUT2D eigenvalue weighted by Gasteiger charge is -2.02. The van der Waals surface area contributed by atoms with Crippen molar-refractivity contribution >= 4 is 5.97 Å². The molecule has 0 bridgehead atoms. The molecular formula is C11H11FO3. The predicted octanol–water partition coefficient (Wildman–Crippen LogP) is 2.24. The highest BCUT2D eigenvalue weighted by Crippen LogP contribution is 2.11. The van der Waals surface area contributed by atoms with E-state index in [2.05, 4.69) is 0 Å². The first kappa shape index (κ1) is 11.2. The van der Waals surface area contributed by atoms with E-state index in [0.717, 1.165) is 0 Å². The molecule has 0 aliphatic rings. The third-order valence-corrected chi connectivity index (χ3v) is 1.77. The molecule has 0 saturated carbocycles. The van der Waals surface area contributed by atoms with Crippen LogP contribution in [-0.4, -0.2) is 17.7 Å². The number of carbonyl (C=O) groups is 1. The van der Waals surface area contributed by atoms with Gasteiger partial charge >= 0.3 is 5.97 Å². The van der Waals surface area contributed by atoms with Gasteiger partial charge in [0.25, 0.3) is 0 Å². The fourth-order valence-electron chi connectivity index (χ4n) is 0.907. The highest BCUT2D eigenvalue weighted by atomic mass is 19.1. The van der Waals surface area contributed by atoms with E-state index in [1.165, 1.54) is 31.2 Å².